The van der Waals surface area contributed by atoms with Crippen LogP contribution in [0.25, 0.3) is 10.8 Å². The third kappa shape index (κ3) is 3.48. The van der Waals surface area contributed by atoms with Crippen LogP contribution in [0.4, 0.5) is 4.79 Å². The second-order valence-electron chi connectivity index (χ2n) is 6.96. The van der Waals surface area contributed by atoms with Crippen LogP contribution in [0.1, 0.15) is 32.4 Å². The van der Waals surface area contributed by atoms with E-state index in [1.807, 2.05) is 37.8 Å². The van der Waals surface area contributed by atoms with Gasteiger partial charge in [0.05, 0.1) is 6.04 Å². The van der Waals surface area contributed by atoms with Crippen LogP contribution in [0.15, 0.2) is 42.5 Å². The fourth-order valence-electron chi connectivity index (χ4n) is 3.06. The number of amides is 1. The van der Waals surface area contributed by atoms with Crippen LogP contribution in [0.3, 0.4) is 0 Å². The molecule has 1 unspecified atom stereocenters. The molecule has 1 aliphatic rings. The normalized spacial score (nSPS) is 18.9. The number of piperazine rings is 1. The van der Waals surface area contributed by atoms with Crippen molar-refractivity contribution in [3.8, 4) is 0 Å². The summed E-state index contributed by atoms with van der Waals surface area (Å²) in [4.78, 5) is 14.5. The molecular formula is C19H24N2O2. The molecule has 1 heterocycles. The highest BCUT2D eigenvalue weighted by Crippen LogP contribution is 2.30. The van der Waals surface area contributed by atoms with Crippen LogP contribution in [0.5, 0.6) is 0 Å². The Morgan fingerprint density at radius 3 is 2.70 bits per heavy atom. The number of hydrogen-bond acceptors (Lipinski definition) is 3. The van der Waals surface area contributed by atoms with E-state index >= 15 is 0 Å². The zero-order valence-corrected chi connectivity index (χ0v) is 14.0. The number of rotatable bonds is 1. The molecule has 2 aromatic carbocycles. The van der Waals surface area contributed by atoms with Gasteiger partial charge in [0.15, 0.2) is 0 Å². The lowest BCUT2D eigenvalue weighted by Crippen LogP contribution is -2.50. The summed E-state index contributed by atoms with van der Waals surface area (Å²) in [6.07, 6.45) is -0.239. The summed E-state index contributed by atoms with van der Waals surface area (Å²) < 4.78 is 5.60. The highest BCUT2D eigenvalue weighted by atomic mass is 16.6. The van der Waals surface area contributed by atoms with E-state index in [0.29, 0.717) is 6.54 Å². The standard InChI is InChI=1S/C19H24N2O2/c1-19(2,3)23-18(22)21-12-11-20-13-17(21)16-10-6-8-14-7-4-5-9-15(14)16/h4-10,17,20H,11-13H2,1-3H3. The van der Waals surface area contributed by atoms with Crippen molar-refractivity contribution in [1.82, 2.24) is 10.2 Å². The zero-order valence-electron chi connectivity index (χ0n) is 14.0. The maximum Gasteiger partial charge on any atom is 0.410 e. The van der Waals surface area contributed by atoms with Crippen LogP contribution in [-0.4, -0.2) is 36.2 Å². The molecular weight excluding hydrogens is 288 g/mol. The Bertz CT molecular complexity index is 701. The first-order valence-electron chi connectivity index (χ1n) is 8.14. The molecule has 1 atom stereocenters. The van der Waals surface area contributed by atoms with Crippen molar-refractivity contribution >= 4 is 16.9 Å². The molecule has 0 aliphatic carbocycles. The summed E-state index contributed by atoms with van der Waals surface area (Å²) in [5.41, 5.74) is 0.687. The predicted octanol–water partition coefficient (Wildman–Crippen LogP) is 3.72. The van der Waals surface area contributed by atoms with Gasteiger partial charge in [0, 0.05) is 19.6 Å². The molecule has 3 rings (SSSR count). The minimum absolute atomic E-state index is 0.00954. The summed E-state index contributed by atoms with van der Waals surface area (Å²) in [5.74, 6) is 0. The third-order valence-electron chi connectivity index (χ3n) is 4.05. The first-order chi connectivity index (χ1) is 11.0. The van der Waals surface area contributed by atoms with Gasteiger partial charge in [-0.3, -0.25) is 4.90 Å². The van der Waals surface area contributed by atoms with Crippen LogP contribution in [0.2, 0.25) is 0 Å². The van der Waals surface area contributed by atoms with Gasteiger partial charge in [-0.2, -0.15) is 0 Å². The summed E-state index contributed by atoms with van der Waals surface area (Å²) in [7, 11) is 0. The van der Waals surface area contributed by atoms with E-state index < -0.39 is 5.60 Å². The maximum atomic E-state index is 12.6. The molecule has 1 aliphatic heterocycles. The molecule has 1 N–H and O–H groups in total. The molecule has 0 radical (unpaired) electrons. The molecule has 0 spiro atoms. The molecule has 4 heteroatoms. The van der Waals surface area contributed by atoms with Crippen molar-refractivity contribution < 1.29 is 9.53 Å². The van der Waals surface area contributed by atoms with Crippen molar-refractivity contribution in [3.05, 3.63) is 48.0 Å². The van der Waals surface area contributed by atoms with E-state index in [-0.39, 0.29) is 12.1 Å². The fraction of sp³-hybridized carbons (Fsp3) is 0.421. The molecule has 0 bridgehead atoms. The van der Waals surface area contributed by atoms with Crippen molar-refractivity contribution in [1.29, 1.82) is 0 Å². The molecule has 2 aromatic rings. The van der Waals surface area contributed by atoms with Gasteiger partial charge in [0.1, 0.15) is 5.60 Å². The molecule has 1 saturated heterocycles. The van der Waals surface area contributed by atoms with E-state index in [2.05, 4.69) is 35.6 Å². The summed E-state index contributed by atoms with van der Waals surface area (Å²) in [6.45, 7) is 7.90. The van der Waals surface area contributed by atoms with Gasteiger partial charge in [0.25, 0.3) is 0 Å². The number of nitrogens with one attached hydrogen (secondary N) is 1. The second-order valence-corrected chi connectivity index (χ2v) is 6.96. The largest absolute Gasteiger partial charge is 0.444 e. The lowest BCUT2D eigenvalue weighted by atomic mass is 9.96. The average molecular weight is 312 g/mol. The van der Waals surface area contributed by atoms with Crippen molar-refractivity contribution in [2.45, 2.75) is 32.4 Å². The minimum atomic E-state index is -0.481. The van der Waals surface area contributed by atoms with Crippen molar-refractivity contribution in [2.75, 3.05) is 19.6 Å². The number of ether oxygens (including phenoxy) is 1. The zero-order chi connectivity index (χ0) is 16.4. The Morgan fingerprint density at radius 2 is 1.91 bits per heavy atom. The molecule has 1 amide bonds. The van der Waals surface area contributed by atoms with Crippen LogP contribution < -0.4 is 5.32 Å². The van der Waals surface area contributed by atoms with Gasteiger partial charge in [0.2, 0.25) is 0 Å². The first-order valence-corrected chi connectivity index (χ1v) is 8.14. The molecule has 23 heavy (non-hydrogen) atoms. The Hall–Kier alpha value is -2.07. The molecule has 122 valence electrons. The fourth-order valence-corrected chi connectivity index (χ4v) is 3.06. The summed E-state index contributed by atoms with van der Waals surface area (Å²) >= 11 is 0. The molecule has 1 fully saturated rings. The highest BCUT2D eigenvalue weighted by Gasteiger charge is 2.32. The van der Waals surface area contributed by atoms with E-state index in [1.54, 1.807) is 0 Å². The molecule has 0 saturated carbocycles. The van der Waals surface area contributed by atoms with Crippen LogP contribution in [-0.2, 0) is 4.74 Å². The van der Waals surface area contributed by atoms with E-state index in [4.69, 9.17) is 4.74 Å². The molecule has 4 nitrogen and oxygen atoms in total. The number of benzene rings is 2. The number of fused-ring (bicyclic) bond motifs is 1. The lowest BCUT2D eigenvalue weighted by molar-refractivity contribution is 0.0119. The van der Waals surface area contributed by atoms with Crippen LogP contribution >= 0.6 is 0 Å². The Kier molecular flexibility index (Phi) is 4.26. The summed E-state index contributed by atoms with van der Waals surface area (Å²) in [5, 5.41) is 5.78. The topological polar surface area (TPSA) is 41.6 Å². The van der Waals surface area contributed by atoms with Gasteiger partial charge in [-0.05, 0) is 37.1 Å². The van der Waals surface area contributed by atoms with Gasteiger partial charge >= 0.3 is 6.09 Å². The highest BCUT2D eigenvalue weighted by molar-refractivity contribution is 5.86. The first kappa shape index (κ1) is 15.8. The Morgan fingerprint density at radius 1 is 1.17 bits per heavy atom. The van der Waals surface area contributed by atoms with Crippen molar-refractivity contribution in [3.63, 3.8) is 0 Å². The Labute approximate surface area is 137 Å². The quantitative estimate of drug-likeness (QED) is 0.872. The lowest BCUT2D eigenvalue weighted by Gasteiger charge is -2.37. The number of nitrogens with zero attached hydrogens (tertiary/aromatic N) is 1. The molecule has 0 aromatic heterocycles. The van der Waals surface area contributed by atoms with Gasteiger partial charge in [-0.25, -0.2) is 4.79 Å². The van der Waals surface area contributed by atoms with Gasteiger partial charge < -0.3 is 10.1 Å². The average Bonchev–Trinajstić information content (AvgIpc) is 2.53. The van der Waals surface area contributed by atoms with E-state index in [9.17, 15) is 4.79 Å². The maximum absolute atomic E-state index is 12.6. The van der Waals surface area contributed by atoms with E-state index in [1.165, 1.54) is 16.3 Å². The third-order valence-corrected chi connectivity index (χ3v) is 4.05. The van der Waals surface area contributed by atoms with Crippen LogP contribution in [0, 0.1) is 0 Å². The number of hydrogen-bond donors (Lipinski definition) is 1. The van der Waals surface area contributed by atoms with E-state index in [0.717, 1.165) is 13.1 Å². The summed E-state index contributed by atoms with van der Waals surface area (Å²) in [6, 6.07) is 14.6. The SMILES string of the molecule is CC(C)(C)OC(=O)N1CCNCC1c1cccc2ccccc12. The number of carbonyl (C=O) groups excluding carboxylic acids is 1. The number of carbonyl (C=O) groups is 1. The Balaban J connectivity index is 1.96. The van der Waals surface area contributed by atoms with Gasteiger partial charge in [-0.1, -0.05) is 42.5 Å². The second kappa shape index (κ2) is 6.20. The monoisotopic (exact) mass is 312 g/mol. The smallest absolute Gasteiger partial charge is 0.410 e. The predicted molar refractivity (Wildman–Crippen MR) is 92.5 cm³/mol. The minimum Gasteiger partial charge on any atom is -0.444 e. The van der Waals surface area contributed by atoms with Crippen molar-refractivity contribution in [2.24, 2.45) is 0 Å². The van der Waals surface area contributed by atoms with Gasteiger partial charge in [-0.15, -0.1) is 0 Å².